The van der Waals surface area contributed by atoms with Crippen LogP contribution in [-0.4, -0.2) is 32.3 Å². The number of hydrogen-bond donors (Lipinski definition) is 0. The lowest BCUT2D eigenvalue weighted by atomic mass is 9.88. The van der Waals surface area contributed by atoms with Crippen molar-refractivity contribution in [2.24, 2.45) is 0 Å². The predicted molar refractivity (Wildman–Crippen MR) is 184 cm³/mol. The highest BCUT2D eigenvalue weighted by atomic mass is 35.5. The molecule has 0 spiro atoms. The van der Waals surface area contributed by atoms with Gasteiger partial charge in [0.05, 0.1) is 26.4 Å². The minimum atomic E-state index is 0.481. The summed E-state index contributed by atoms with van der Waals surface area (Å²) >= 11 is 6.36. The van der Waals surface area contributed by atoms with E-state index in [0.29, 0.717) is 45.5 Å². The van der Waals surface area contributed by atoms with E-state index in [-0.39, 0.29) is 0 Å². The van der Waals surface area contributed by atoms with Crippen LogP contribution >= 0.6 is 11.6 Å². The molecule has 0 heterocycles. The Hall–Kier alpha value is -4.35. The van der Waals surface area contributed by atoms with Gasteiger partial charge in [0.1, 0.15) is 24.7 Å². The maximum Gasteiger partial charge on any atom is 0.119 e. The maximum atomic E-state index is 6.36. The molecule has 0 aliphatic heterocycles. The molecule has 5 rings (SSSR count). The predicted octanol–water partition coefficient (Wildman–Crippen LogP) is 9.47. The average molecular weight is 619 g/mol. The van der Waals surface area contributed by atoms with Crippen LogP contribution in [0.2, 0.25) is 0 Å². The fraction of sp³-hybridized carbons (Fsp3) is 0.200. The smallest absolute Gasteiger partial charge is 0.119 e. The summed E-state index contributed by atoms with van der Waals surface area (Å²) in [6.07, 6.45) is 0.731. The van der Waals surface area contributed by atoms with Crippen molar-refractivity contribution in [2.75, 3.05) is 32.3 Å². The molecule has 5 aromatic rings. The van der Waals surface area contributed by atoms with Crippen LogP contribution in [0.3, 0.4) is 0 Å². The van der Waals surface area contributed by atoms with Crippen LogP contribution in [0.25, 0.3) is 11.1 Å². The van der Waals surface area contributed by atoms with Gasteiger partial charge in [0.15, 0.2) is 0 Å². The van der Waals surface area contributed by atoms with Crippen LogP contribution in [0.15, 0.2) is 140 Å². The summed E-state index contributed by atoms with van der Waals surface area (Å²) in [6.45, 7) is 3.15. The second kappa shape index (κ2) is 17.8. The Morgan fingerprint density at radius 1 is 0.444 bits per heavy atom. The standard InChI is InChI=1S/C40H39ClO4/c41-25-24-39(34-14-8-3-9-15-34)40(35-16-20-37(21-17-35)44-28-26-42-30-32-10-4-1-5-11-32)36-18-22-38(23-19-36)45-29-27-43-31-33-12-6-2-7-13-33/h1-23H,24-31H2. The Kier molecular flexibility index (Phi) is 12.7. The molecule has 4 nitrogen and oxygen atoms in total. The van der Waals surface area contributed by atoms with Gasteiger partial charge in [-0.1, -0.05) is 115 Å². The van der Waals surface area contributed by atoms with Crippen LogP contribution in [0.1, 0.15) is 34.2 Å². The second-order valence-electron chi connectivity index (χ2n) is 10.5. The molecule has 0 aliphatic rings. The molecule has 0 atom stereocenters. The van der Waals surface area contributed by atoms with E-state index in [1.807, 2.05) is 66.7 Å². The van der Waals surface area contributed by atoms with Gasteiger partial charge in [0.25, 0.3) is 0 Å². The molecular formula is C40H39ClO4. The average Bonchev–Trinajstić information content (AvgIpc) is 3.10. The highest BCUT2D eigenvalue weighted by molar-refractivity contribution is 6.18. The van der Waals surface area contributed by atoms with Crippen LogP contribution in [0, 0.1) is 0 Å². The third-order valence-corrected chi connectivity index (χ3v) is 7.46. The van der Waals surface area contributed by atoms with Crippen molar-refractivity contribution in [3.63, 3.8) is 0 Å². The molecule has 0 N–H and O–H groups in total. The van der Waals surface area contributed by atoms with Gasteiger partial charge in [-0.15, -0.1) is 11.6 Å². The zero-order chi connectivity index (χ0) is 30.9. The highest BCUT2D eigenvalue weighted by Gasteiger charge is 2.15. The van der Waals surface area contributed by atoms with E-state index in [1.165, 1.54) is 5.57 Å². The fourth-order valence-electron chi connectivity index (χ4n) is 5.06. The Balaban J connectivity index is 1.25. The Bertz CT molecular complexity index is 1470. The number of allylic oxidation sites excluding steroid dienone is 1. The van der Waals surface area contributed by atoms with E-state index in [9.17, 15) is 0 Å². The van der Waals surface area contributed by atoms with Crippen LogP contribution in [-0.2, 0) is 22.7 Å². The van der Waals surface area contributed by atoms with E-state index in [0.717, 1.165) is 51.3 Å². The molecule has 0 radical (unpaired) electrons. The van der Waals surface area contributed by atoms with Crippen molar-refractivity contribution >= 4 is 22.7 Å². The second-order valence-corrected chi connectivity index (χ2v) is 10.9. The van der Waals surface area contributed by atoms with Gasteiger partial charge >= 0.3 is 0 Å². The van der Waals surface area contributed by atoms with Crippen molar-refractivity contribution < 1.29 is 18.9 Å². The van der Waals surface area contributed by atoms with Crippen molar-refractivity contribution in [1.82, 2.24) is 0 Å². The highest BCUT2D eigenvalue weighted by Crippen LogP contribution is 2.36. The number of rotatable bonds is 17. The molecule has 0 amide bonds. The monoisotopic (exact) mass is 618 g/mol. The Labute approximate surface area is 271 Å². The van der Waals surface area contributed by atoms with Crippen LogP contribution in [0.5, 0.6) is 11.5 Å². The fourth-order valence-corrected chi connectivity index (χ4v) is 5.25. The lowest BCUT2D eigenvalue weighted by Gasteiger charge is -2.18. The summed E-state index contributed by atoms with van der Waals surface area (Å²) in [7, 11) is 0. The summed E-state index contributed by atoms with van der Waals surface area (Å²) in [5.74, 6) is 2.12. The topological polar surface area (TPSA) is 36.9 Å². The molecule has 5 heteroatoms. The van der Waals surface area contributed by atoms with Crippen molar-refractivity contribution in [3.05, 3.63) is 167 Å². The van der Waals surface area contributed by atoms with Gasteiger partial charge in [-0.05, 0) is 69.6 Å². The first-order valence-corrected chi connectivity index (χ1v) is 15.9. The third kappa shape index (κ3) is 10.1. The number of halogens is 1. The van der Waals surface area contributed by atoms with Crippen molar-refractivity contribution in [2.45, 2.75) is 19.6 Å². The summed E-state index contributed by atoms with van der Waals surface area (Å²) in [5.41, 5.74) is 7.97. The van der Waals surface area contributed by atoms with E-state index in [2.05, 4.69) is 72.8 Å². The van der Waals surface area contributed by atoms with E-state index in [4.69, 9.17) is 30.5 Å². The number of alkyl halides is 1. The van der Waals surface area contributed by atoms with E-state index < -0.39 is 0 Å². The van der Waals surface area contributed by atoms with Gasteiger partial charge in [-0.2, -0.15) is 0 Å². The summed E-state index contributed by atoms with van der Waals surface area (Å²) < 4.78 is 23.5. The molecule has 0 aliphatic carbocycles. The molecule has 0 fully saturated rings. The van der Waals surface area contributed by atoms with Gasteiger partial charge in [0.2, 0.25) is 0 Å². The lowest BCUT2D eigenvalue weighted by Crippen LogP contribution is -2.07. The maximum absolute atomic E-state index is 6.36. The van der Waals surface area contributed by atoms with E-state index >= 15 is 0 Å². The third-order valence-electron chi connectivity index (χ3n) is 7.27. The number of hydrogen-bond acceptors (Lipinski definition) is 4. The zero-order valence-electron chi connectivity index (χ0n) is 25.4. The lowest BCUT2D eigenvalue weighted by molar-refractivity contribution is 0.0889. The molecule has 230 valence electrons. The first-order chi connectivity index (χ1) is 22.3. The normalized spacial score (nSPS) is 10.8. The first-order valence-electron chi connectivity index (χ1n) is 15.3. The quantitative estimate of drug-likeness (QED) is 0.0591. The first kappa shape index (κ1) is 32.1. The Morgan fingerprint density at radius 2 is 0.867 bits per heavy atom. The molecule has 45 heavy (non-hydrogen) atoms. The molecule has 0 bridgehead atoms. The molecule has 0 aromatic heterocycles. The van der Waals surface area contributed by atoms with Crippen molar-refractivity contribution in [1.29, 1.82) is 0 Å². The minimum Gasteiger partial charge on any atom is -0.491 e. The summed E-state index contributed by atoms with van der Waals surface area (Å²) in [4.78, 5) is 0. The molecule has 5 aromatic carbocycles. The molecule has 0 saturated carbocycles. The molecular weight excluding hydrogens is 580 g/mol. The minimum absolute atomic E-state index is 0.481. The van der Waals surface area contributed by atoms with Crippen LogP contribution in [0.4, 0.5) is 0 Å². The molecule has 0 saturated heterocycles. The Morgan fingerprint density at radius 3 is 1.29 bits per heavy atom. The summed E-state index contributed by atoms with van der Waals surface area (Å²) in [6, 6.07) is 47.3. The zero-order valence-corrected chi connectivity index (χ0v) is 26.2. The molecule has 0 unspecified atom stereocenters. The largest absolute Gasteiger partial charge is 0.491 e. The number of ether oxygens (including phenoxy) is 4. The van der Waals surface area contributed by atoms with Gasteiger partial charge in [0, 0.05) is 5.88 Å². The van der Waals surface area contributed by atoms with Gasteiger partial charge in [-0.3, -0.25) is 0 Å². The number of benzene rings is 5. The van der Waals surface area contributed by atoms with Gasteiger partial charge < -0.3 is 18.9 Å². The van der Waals surface area contributed by atoms with Crippen LogP contribution < -0.4 is 9.47 Å². The van der Waals surface area contributed by atoms with Gasteiger partial charge in [-0.25, -0.2) is 0 Å². The van der Waals surface area contributed by atoms with Crippen molar-refractivity contribution in [3.8, 4) is 11.5 Å². The SMILES string of the molecule is ClCCC(=C(c1ccc(OCCOCc2ccccc2)cc1)c1ccc(OCCOCc2ccccc2)cc1)c1ccccc1. The van der Waals surface area contributed by atoms with E-state index in [1.54, 1.807) is 0 Å². The summed E-state index contributed by atoms with van der Waals surface area (Å²) in [5, 5.41) is 0.